The van der Waals surface area contributed by atoms with Crippen LogP contribution in [0.2, 0.25) is 18.1 Å². The molecule has 5 heteroatoms. The lowest BCUT2D eigenvalue weighted by Crippen LogP contribution is -2.40. The normalized spacial score (nSPS) is 13.1. The van der Waals surface area contributed by atoms with Crippen molar-refractivity contribution in [2.24, 2.45) is 0 Å². The van der Waals surface area contributed by atoms with Crippen LogP contribution in [0.4, 0.5) is 5.69 Å². The van der Waals surface area contributed by atoms with Gasteiger partial charge in [-0.05, 0) is 59.8 Å². The third kappa shape index (κ3) is 5.43. The molecule has 1 rings (SSSR count). The van der Waals surface area contributed by atoms with E-state index in [4.69, 9.17) is 4.43 Å². The van der Waals surface area contributed by atoms with Crippen LogP contribution in [0.3, 0.4) is 0 Å². The van der Waals surface area contributed by atoms with E-state index in [1.165, 1.54) is 0 Å². The molecule has 1 aromatic rings. The first-order valence-corrected chi connectivity index (χ1v) is 11.8. The zero-order valence-electron chi connectivity index (χ0n) is 15.2. The Kier molecular flexibility index (Phi) is 7.04. The minimum absolute atomic E-state index is 0.00736. The van der Waals surface area contributed by atoms with E-state index in [0.717, 1.165) is 9.26 Å². The molecule has 0 atom stereocenters. The van der Waals surface area contributed by atoms with Crippen LogP contribution < -0.4 is 4.90 Å². The van der Waals surface area contributed by atoms with E-state index in [0.29, 0.717) is 12.2 Å². The molecular formula is C18H28INO2Si. The molecule has 1 aromatic carbocycles. The predicted octanol–water partition coefficient (Wildman–Crippen LogP) is 5.22. The second kappa shape index (κ2) is 7.94. The van der Waals surface area contributed by atoms with Crippen LogP contribution in [0.25, 0.3) is 0 Å². The summed E-state index contributed by atoms with van der Waals surface area (Å²) in [4.78, 5) is 14.3. The molecule has 0 aromatic heterocycles. The van der Waals surface area contributed by atoms with E-state index >= 15 is 0 Å². The Bertz CT molecular complexity index is 591. The number of hydrogen-bond donors (Lipinski definition) is 0. The van der Waals surface area contributed by atoms with Crippen molar-refractivity contribution in [1.29, 1.82) is 0 Å². The molecule has 0 saturated carbocycles. The van der Waals surface area contributed by atoms with Crippen LogP contribution >= 0.6 is 22.6 Å². The molecule has 0 unspecified atom stereocenters. The van der Waals surface area contributed by atoms with Gasteiger partial charge in [0, 0.05) is 16.2 Å². The van der Waals surface area contributed by atoms with Crippen LogP contribution in [0, 0.1) is 3.57 Å². The second-order valence-electron chi connectivity index (χ2n) is 7.27. The van der Waals surface area contributed by atoms with Crippen molar-refractivity contribution in [3.63, 3.8) is 0 Å². The number of amides is 1. The third-order valence-corrected chi connectivity index (χ3v) is 9.91. The molecule has 23 heavy (non-hydrogen) atoms. The van der Waals surface area contributed by atoms with Crippen LogP contribution in [-0.2, 0) is 9.22 Å². The SMILES string of the molecule is C/C(=C/CO[Si](C)(C)C(C)(C)C)C(=O)N(C)c1ccccc1I. The molecule has 0 aliphatic carbocycles. The lowest BCUT2D eigenvalue weighted by Gasteiger charge is -2.35. The van der Waals surface area contributed by atoms with E-state index in [9.17, 15) is 4.79 Å². The van der Waals surface area contributed by atoms with Gasteiger partial charge >= 0.3 is 0 Å². The summed E-state index contributed by atoms with van der Waals surface area (Å²) in [6, 6.07) is 7.87. The minimum atomic E-state index is -1.78. The van der Waals surface area contributed by atoms with Gasteiger partial charge in [-0.15, -0.1) is 0 Å². The van der Waals surface area contributed by atoms with Gasteiger partial charge in [0.1, 0.15) is 0 Å². The summed E-state index contributed by atoms with van der Waals surface area (Å²) in [6.45, 7) is 13.4. The van der Waals surface area contributed by atoms with Crippen molar-refractivity contribution in [1.82, 2.24) is 0 Å². The number of rotatable bonds is 5. The van der Waals surface area contributed by atoms with E-state index in [1.807, 2.05) is 44.3 Å². The molecule has 1 amide bonds. The monoisotopic (exact) mass is 445 g/mol. The van der Waals surface area contributed by atoms with Gasteiger partial charge in [0.2, 0.25) is 0 Å². The zero-order chi connectivity index (χ0) is 17.8. The first-order valence-electron chi connectivity index (χ1n) is 7.80. The summed E-state index contributed by atoms with van der Waals surface area (Å²) >= 11 is 2.25. The molecule has 0 aliphatic rings. The summed E-state index contributed by atoms with van der Waals surface area (Å²) < 4.78 is 7.18. The summed E-state index contributed by atoms with van der Waals surface area (Å²) in [5.41, 5.74) is 1.64. The van der Waals surface area contributed by atoms with Crippen molar-refractivity contribution in [3.05, 3.63) is 39.5 Å². The molecule has 0 saturated heterocycles. The van der Waals surface area contributed by atoms with Crippen LogP contribution in [0.5, 0.6) is 0 Å². The fourth-order valence-corrected chi connectivity index (χ4v) is 3.46. The van der Waals surface area contributed by atoms with Crippen molar-refractivity contribution in [3.8, 4) is 0 Å². The Morgan fingerprint density at radius 2 is 1.87 bits per heavy atom. The lowest BCUT2D eigenvalue weighted by molar-refractivity contribution is -0.114. The molecule has 0 radical (unpaired) electrons. The number of para-hydroxylation sites is 1. The van der Waals surface area contributed by atoms with E-state index in [2.05, 4.69) is 56.5 Å². The van der Waals surface area contributed by atoms with Gasteiger partial charge in [-0.3, -0.25) is 4.79 Å². The Morgan fingerprint density at radius 3 is 2.39 bits per heavy atom. The lowest BCUT2D eigenvalue weighted by atomic mass is 10.2. The van der Waals surface area contributed by atoms with Gasteiger partial charge in [-0.25, -0.2) is 0 Å². The average Bonchev–Trinajstić information content (AvgIpc) is 2.44. The third-order valence-electron chi connectivity index (χ3n) is 4.50. The molecular weight excluding hydrogens is 417 g/mol. The Hall–Kier alpha value is -0.663. The van der Waals surface area contributed by atoms with Crippen LogP contribution in [0.1, 0.15) is 27.7 Å². The summed E-state index contributed by atoms with van der Waals surface area (Å²) in [6.07, 6.45) is 1.90. The quantitative estimate of drug-likeness (QED) is 0.353. The molecule has 0 fully saturated rings. The van der Waals surface area contributed by atoms with Gasteiger partial charge in [0.05, 0.1) is 12.3 Å². The Balaban J connectivity index is 2.75. The number of carbonyl (C=O) groups is 1. The average molecular weight is 445 g/mol. The summed E-state index contributed by atoms with van der Waals surface area (Å²) in [5.74, 6) is 0.00736. The van der Waals surface area contributed by atoms with Gasteiger partial charge in [-0.2, -0.15) is 0 Å². The van der Waals surface area contributed by atoms with E-state index < -0.39 is 8.32 Å². The maximum absolute atomic E-state index is 12.6. The van der Waals surface area contributed by atoms with Gasteiger partial charge in [0.15, 0.2) is 8.32 Å². The van der Waals surface area contributed by atoms with Crippen molar-refractivity contribution < 1.29 is 9.22 Å². The van der Waals surface area contributed by atoms with Crippen LogP contribution in [0.15, 0.2) is 35.9 Å². The van der Waals surface area contributed by atoms with Gasteiger partial charge in [0.25, 0.3) is 5.91 Å². The van der Waals surface area contributed by atoms with Crippen molar-refractivity contribution >= 4 is 42.5 Å². The summed E-state index contributed by atoms with van der Waals surface area (Å²) in [5, 5.41) is 0.176. The fourth-order valence-electron chi connectivity index (χ4n) is 1.78. The van der Waals surface area contributed by atoms with Gasteiger partial charge < -0.3 is 9.33 Å². The fraction of sp³-hybridized carbons (Fsp3) is 0.500. The number of halogens is 1. The minimum Gasteiger partial charge on any atom is -0.413 e. The molecule has 3 nitrogen and oxygen atoms in total. The second-order valence-corrected chi connectivity index (χ2v) is 13.2. The maximum atomic E-state index is 12.6. The topological polar surface area (TPSA) is 29.5 Å². The number of nitrogens with zero attached hydrogens (tertiary/aromatic N) is 1. The highest BCUT2D eigenvalue weighted by Gasteiger charge is 2.36. The molecule has 0 heterocycles. The Labute approximate surface area is 155 Å². The Morgan fingerprint density at radius 1 is 1.30 bits per heavy atom. The largest absolute Gasteiger partial charge is 0.413 e. The molecule has 0 spiro atoms. The predicted molar refractivity (Wildman–Crippen MR) is 109 cm³/mol. The number of carbonyl (C=O) groups excluding carboxylic acids is 1. The maximum Gasteiger partial charge on any atom is 0.253 e. The van der Waals surface area contributed by atoms with Gasteiger partial charge in [-0.1, -0.05) is 39.0 Å². The number of hydrogen-bond acceptors (Lipinski definition) is 2. The molecule has 0 bridgehead atoms. The molecule has 0 aliphatic heterocycles. The van der Waals surface area contributed by atoms with Crippen LogP contribution in [-0.4, -0.2) is 27.9 Å². The number of likely N-dealkylation sites (N-methyl/N-ethyl adjacent to an activating group) is 1. The summed E-state index contributed by atoms with van der Waals surface area (Å²) in [7, 11) is 0.0341. The highest BCUT2D eigenvalue weighted by atomic mass is 127. The van der Waals surface area contributed by atoms with E-state index in [1.54, 1.807) is 4.90 Å². The number of anilines is 1. The first kappa shape index (κ1) is 20.4. The van der Waals surface area contributed by atoms with E-state index in [-0.39, 0.29) is 10.9 Å². The van der Waals surface area contributed by atoms with Crippen molar-refractivity contribution in [2.45, 2.75) is 45.8 Å². The standard InChI is InChI=1S/C18H28INO2Si/c1-14(12-13-22-23(6,7)18(2,3)4)17(21)20(5)16-11-9-8-10-15(16)19/h8-12H,13H2,1-7H3/b14-12-. The molecule has 0 N–H and O–H groups in total. The first-order chi connectivity index (χ1) is 10.5. The highest BCUT2D eigenvalue weighted by Crippen LogP contribution is 2.36. The smallest absolute Gasteiger partial charge is 0.253 e. The highest BCUT2D eigenvalue weighted by molar-refractivity contribution is 14.1. The molecule has 128 valence electrons. The zero-order valence-corrected chi connectivity index (χ0v) is 18.4. The van der Waals surface area contributed by atoms with Crippen molar-refractivity contribution in [2.75, 3.05) is 18.6 Å². The number of benzene rings is 1.